The second-order valence-corrected chi connectivity index (χ2v) is 5.92. The van der Waals surface area contributed by atoms with Crippen molar-refractivity contribution in [3.8, 4) is 5.75 Å². The Morgan fingerprint density at radius 1 is 1.21 bits per heavy atom. The van der Waals surface area contributed by atoms with Crippen LogP contribution in [0.1, 0.15) is 11.7 Å². The molecule has 0 spiro atoms. The first-order valence-electron chi connectivity index (χ1n) is 6.85. The largest absolute Gasteiger partial charge is 0.507 e. The van der Waals surface area contributed by atoms with Gasteiger partial charge in [0.15, 0.2) is 0 Å². The monoisotopic (exact) mass is 363 g/mol. The molecule has 1 heterocycles. The van der Waals surface area contributed by atoms with E-state index in [0.717, 1.165) is 4.57 Å². The Morgan fingerprint density at radius 2 is 1.88 bits per heavy atom. The predicted octanol–water partition coefficient (Wildman–Crippen LogP) is 3.81. The van der Waals surface area contributed by atoms with Gasteiger partial charge in [-0.1, -0.05) is 29.3 Å². The third kappa shape index (κ3) is 2.93. The van der Waals surface area contributed by atoms with Crippen LogP contribution in [-0.4, -0.2) is 20.6 Å². The van der Waals surface area contributed by atoms with Crippen LogP contribution in [0.4, 0.5) is 11.6 Å². The van der Waals surface area contributed by atoms with E-state index in [1.165, 1.54) is 13.0 Å². The molecule has 0 aliphatic rings. The molecule has 1 aromatic heterocycles. The van der Waals surface area contributed by atoms with E-state index in [4.69, 9.17) is 23.2 Å². The number of benzene rings is 2. The molecular formula is C16H11Cl2N3O3. The molecule has 0 saturated carbocycles. The molecule has 0 radical (unpaired) electrons. The van der Waals surface area contributed by atoms with E-state index in [-0.39, 0.29) is 22.6 Å². The highest BCUT2D eigenvalue weighted by atomic mass is 35.5. The van der Waals surface area contributed by atoms with Gasteiger partial charge in [0.1, 0.15) is 11.1 Å². The Bertz CT molecular complexity index is 1010. The maximum absolute atomic E-state index is 12.6. The van der Waals surface area contributed by atoms with Crippen molar-refractivity contribution >= 4 is 51.6 Å². The number of phenolic OH excluding ortho intramolecular Hbond substituents is 1. The molecule has 0 aliphatic heterocycles. The van der Waals surface area contributed by atoms with Gasteiger partial charge in [-0.3, -0.25) is 9.59 Å². The minimum absolute atomic E-state index is 0.00364. The van der Waals surface area contributed by atoms with Gasteiger partial charge in [0.05, 0.1) is 5.52 Å². The number of halogens is 2. The van der Waals surface area contributed by atoms with Gasteiger partial charge in [-0.25, -0.2) is 9.55 Å². The van der Waals surface area contributed by atoms with Crippen molar-refractivity contribution in [3.63, 3.8) is 0 Å². The summed E-state index contributed by atoms with van der Waals surface area (Å²) < 4.78 is 0.844. The number of anilines is 2. The standard InChI is InChI=1S/C16H11Cl2N3O3/c1-8(22)21-15(24)14-12(3-2-4-13(14)23)20-16(21)19-11-6-9(17)5-10(18)7-11/h2-7,23H,1H3,(H,19,20). The molecule has 8 heteroatoms. The van der Waals surface area contributed by atoms with Gasteiger partial charge < -0.3 is 10.4 Å². The molecule has 2 N–H and O–H groups in total. The zero-order valence-electron chi connectivity index (χ0n) is 12.4. The topological polar surface area (TPSA) is 84.2 Å². The number of phenols is 1. The fourth-order valence-corrected chi connectivity index (χ4v) is 2.87. The summed E-state index contributed by atoms with van der Waals surface area (Å²) in [5, 5.41) is 13.5. The van der Waals surface area contributed by atoms with Crippen LogP contribution < -0.4 is 10.9 Å². The number of hydrogen-bond acceptors (Lipinski definition) is 5. The van der Waals surface area contributed by atoms with Crippen molar-refractivity contribution in [1.29, 1.82) is 0 Å². The number of nitrogens with zero attached hydrogens (tertiary/aromatic N) is 2. The lowest BCUT2D eigenvalue weighted by Gasteiger charge is -2.13. The van der Waals surface area contributed by atoms with E-state index in [9.17, 15) is 14.7 Å². The van der Waals surface area contributed by atoms with Crippen LogP contribution in [-0.2, 0) is 0 Å². The van der Waals surface area contributed by atoms with E-state index in [1.807, 2.05) is 0 Å². The summed E-state index contributed by atoms with van der Waals surface area (Å²) in [4.78, 5) is 28.8. The summed E-state index contributed by atoms with van der Waals surface area (Å²) in [6.07, 6.45) is 0. The molecule has 122 valence electrons. The second kappa shape index (κ2) is 6.14. The van der Waals surface area contributed by atoms with Gasteiger partial charge >= 0.3 is 0 Å². The van der Waals surface area contributed by atoms with Gasteiger partial charge in [-0.2, -0.15) is 0 Å². The lowest BCUT2D eigenvalue weighted by Crippen LogP contribution is -2.28. The van der Waals surface area contributed by atoms with Crippen LogP contribution in [0.3, 0.4) is 0 Å². The smallest absolute Gasteiger partial charge is 0.273 e. The summed E-state index contributed by atoms with van der Waals surface area (Å²) in [7, 11) is 0. The van der Waals surface area contributed by atoms with Crippen LogP contribution in [0.15, 0.2) is 41.2 Å². The molecule has 0 saturated heterocycles. The lowest BCUT2D eigenvalue weighted by atomic mass is 10.2. The van der Waals surface area contributed by atoms with E-state index in [2.05, 4.69) is 10.3 Å². The third-order valence-electron chi connectivity index (χ3n) is 3.31. The summed E-state index contributed by atoms with van der Waals surface area (Å²) in [5.74, 6) is -0.783. The molecule has 3 aromatic rings. The minimum Gasteiger partial charge on any atom is -0.507 e. The second-order valence-electron chi connectivity index (χ2n) is 5.05. The van der Waals surface area contributed by atoms with Gasteiger partial charge in [-0.15, -0.1) is 0 Å². The Balaban J connectivity index is 2.25. The summed E-state index contributed by atoms with van der Waals surface area (Å²) in [6, 6.07) is 9.20. The van der Waals surface area contributed by atoms with Crippen molar-refractivity contribution in [2.24, 2.45) is 0 Å². The van der Waals surface area contributed by atoms with Gasteiger partial charge in [0, 0.05) is 22.7 Å². The molecule has 0 bridgehead atoms. The first kappa shape index (κ1) is 16.3. The number of aromatic nitrogens is 2. The summed E-state index contributed by atoms with van der Waals surface area (Å²) >= 11 is 11.9. The van der Waals surface area contributed by atoms with E-state index in [1.54, 1.807) is 30.3 Å². The molecule has 2 aromatic carbocycles. The maximum Gasteiger partial charge on any atom is 0.273 e. The van der Waals surface area contributed by atoms with Crippen molar-refractivity contribution < 1.29 is 9.90 Å². The van der Waals surface area contributed by atoms with E-state index >= 15 is 0 Å². The van der Waals surface area contributed by atoms with E-state index < -0.39 is 11.5 Å². The van der Waals surface area contributed by atoms with Crippen LogP contribution in [0.2, 0.25) is 10.0 Å². The molecule has 3 rings (SSSR count). The molecular weight excluding hydrogens is 353 g/mol. The SMILES string of the molecule is CC(=O)n1c(Nc2cc(Cl)cc(Cl)c2)nc2cccc(O)c2c1=O. The summed E-state index contributed by atoms with van der Waals surface area (Å²) in [6.45, 7) is 1.23. The molecule has 0 amide bonds. The number of nitrogens with one attached hydrogen (secondary N) is 1. The lowest BCUT2D eigenvalue weighted by molar-refractivity contribution is 0.0934. The average molecular weight is 364 g/mol. The molecule has 0 aliphatic carbocycles. The number of hydrogen-bond donors (Lipinski definition) is 2. The van der Waals surface area contributed by atoms with Crippen molar-refractivity contribution in [2.75, 3.05) is 5.32 Å². The Kier molecular flexibility index (Phi) is 4.17. The molecule has 0 unspecified atom stereocenters. The van der Waals surface area contributed by atoms with Crippen molar-refractivity contribution in [3.05, 3.63) is 56.8 Å². The number of rotatable bonds is 2. The third-order valence-corrected chi connectivity index (χ3v) is 3.75. The number of aromatic hydroxyl groups is 1. The van der Waals surface area contributed by atoms with Gasteiger partial charge in [-0.05, 0) is 30.3 Å². The Morgan fingerprint density at radius 3 is 2.50 bits per heavy atom. The molecule has 24 heavy (non-hydrogen) atoms. The number of carbonyl (C=O) groups excluding carboxylic acids is 1. The van der Waals surface area contributed by atoms with Crippen molar-refractivity contribution in [2.45, 2.75) is 6.92 Å². The minimum atomic E-state index is -0.666. The van der Waals surface area contributed by atoms with Gasteiger partial charge in [0.2, 0.25) is 11.9 Å². The highest BCUT2D eigenvalue weighted by molar-refractivity contribution is 6.35. The highest BCUT2D eigenvalue weighted by Crippen LogP contribution is 2.26. The molecule has 0 fully saturated rings. The maximum atomic E-state index is 12.6. The highest BCUT2D eigenvalue weighted by Gasteiger charge is 2.17. The Labute approximate surface area is 146 Å². The zero-order valence-corrected chi connectivity index (χ0v) is 13.9. The average Bonchev–Trinajstić information content (AvgIpc) is 2.45. The van der Waals surface area contributed by atoms with Gasteiger partial charge in [0.25, 0.3) is 5.56 Å². The Hall–Kier alpha value is -2.57. The number of fused-ring (bicyclic) bond motifs is 1. The molecule has 6 nitrogen and oxygen atoms in total. The zero-order chi connectivity index (χ0) is 17.4. The summed E-state index contributed by atoms with van der Waals surface area (Å²) in [5.41, 5.74) is 0.0586. The van der Waals surface area contributed by atoms with Crippen LogP contribution in [0.5, 0.6) is 5.75 Å². The van der Waals surface area contributed by atoms with Crippen LogP contribution in [0, 0.1) is 0 Å². The quantitative estimate of drug-likeness (QED) is 0.722. The molecule has 0 atom stereocenters. The first-order valence-corrected chi connectivity index (χ1v) is 7.61. The fourth-order valence-electron chi connectivity index (χ4n) is 2.34. The normalized spacial score (nSPS) is 10.8. The number of carbonyl (C=O) groups is 1. The predicted molar refractivity (Wildman–Crippen MR) is 93.7 cm³/mol. The fraction of sp³-hybridized carbons (Fsp3) is 0.0625. The van der Waals surface area contributed by atoms with E-state index in [0.29, 0.717) is 15.7 Å². The van der Waals surface area contributed by atoms with Crippen LogP contribution in [0.25, 0.3) is 10.9 Å². The van der Waals surface area contributed by atoms with Crippen LogP contribution >= 0.6 is 23.2 Å². The van der Waals surface area contributed by atoms with Crippen molar-refractivity contribution in [1.82, 2.24) is 9.55 Å². The first-order chi connectivity index (χ1) is 11.4.